The SMILES string of the molecule is CC(C)NCC(=O)Nc1cccc2c(=O)[nH][nH]c(=O)c12. The third-order valence-electron chi connectivity index (χ3n) is 2.77. The first-order valence-corrected chi connectivity index (χ1v) is 6.26. The fourth-order valence-electron chi connectivity index (χ4n) is 1.82. The fourth-order valence-corrected chi connectivity index (χ4v) is 1.82. The summed E-state index contributed by atoms with van der Waals surface area (Å²) in [7, 11) is 0. The highest BCUT2D eigenvalue weighted by Gasteiger charge is 2.10. The number of rotatable bonds is 4. The number of anilines is 1. The van der Waals surface area contributed by atoms with Gasteiger partial charge in [-0.1, -0.05) is 19.9 Å². The maximum atomic E-state index is 11.8. The average Bonchev–Trinajstić information content (AvgIpc) is 2.41. The molecule has 2 rings (SSSR count). The van der Waals surface area contributed by atoms with Crippen molar-refractivity contribution in [2.75, 3.05) is 11.9 Å². The summed E-state index contributed by atoms with van der Waals surface area (Å²) in [6.45, 7) is 3.99. The fraction of sp³-hybridized carbons (Fsp3) is 0.308. The lowest BCUT2D eigenvalue weighted by Crippen LogP contribution is -2.33. The summed E-state index contributed by atoms with van der Waals surface area (Å²) in [4.78, 5) is 35.2. The van der Waals surface area contributed by atoms with Crippen molar-refractivity contribution in [1.82, 2.24) is 15.5 Å². The molecule has 20 heavy (non-hydrogen) atoms. The van der Waals surface area contributed by atoms with E-state index in [1.54, 1.807) is 12.1 Å². The molecule has 0 saturated carbocycles. The van der Waals surface area contributed by atoms with Gasteiger partial charge in [0.25, 0.3) is 11.1 Å². The van der Waals surface area contributed by atoms with Crippen LogP contribution in [0.4, 0.5) is 5.69 Å². The minimum absolute atomic E-state index is 0.134. The summed E-state index contributed by atoms with van der Waals surface area (Å²) >= 11 is 0. The van der Waals surface area contributed by atoms with Crippen LogP contribution in [0.1, 0.15) is 13.8 Å². The molecule has 1 aromatic carbocycles. The molecule has 0 unspecified atom stereocenters. The smallest absolute Gasteiger partial charge is 0.272 e. The Morgan fingerprint density at radius 3 is 2.60 bits per heavy atom. The number of hydrogen-bond donors (Lipinski definition) is 4. The van der Waals surface area contributed by atoms with Crippen LogP contribution in [0.2, 0.25) is 0 Å². The monoisotopic (exact) mass is 276 g/mol. The van der Waals surface area contributed by atoms with Crippen molar-refractivity contribution in [2.45, 2.75) is 19.9 Å². The van der Waals surface area contributed by atoms with Gasteiger partial charge in [0.1, 0.15) is 0 Å². The molecule has 0 aliphatic rings. The van der Waals surface area contributed by atoms with Gasteiger partial charge >= 0.3 is 0 Å². The molecule has 1 amide bonds. The van der Waals surface area contributed by atoms with Crippen molar-refractivity contribution < 1.29 is 4.79 Å². The molecule has 7 nitrogen and oxygen atoms in total. The summed E-state index contributed by atoms with van der Waals surface area (Å²) in [6.07, 6.45) is 0. The van der Waals surface area contributed by atoms with Crippen LogP contribution in [-0.4, -0.2) is 28.7 Å². The van der Waals surface area contributed by atoms with Crippen molar-refractivity contribution in [1.29, 1.82) is 0 Å². The number of carbonyl (C=O) groups excluding carboxylic acids is 1. The van der Waals surface area contributed by atoms with Gasteiger partial charge in [-0.05, 0) is 12.1 Å². The Morgan fingerprint density at radius 2 is 1.90 bits per heavy atom. The zero-order valence-corrected chi connectivity index (χ0v) is 11.2. The number of fused-ring (bicyclic) bond motifs is 1. The first-order valence-electron chi connectivity index (χ1n) is 6.26. The molecular formula is C13H16N4O3. The highest BCUT2D eigenvalue weighted by Crippen LogP contribution is 2.16. The molecule has 1 heterocycles. The number of benzene rings is 1. The van der Waals surface area contributed by atoms with Crippen LogP contribution in [0.15, 0.2) is 27.8 Å². The number of hydrogen-bond acceptors (Lipinski definition) is 4. The number of carbonyl (C=O) groups is 1. The number of aromatic nitrogens is 2. The van der Waals surface area contributed by atoms with E-state index in [0.717, 1.165) is 0 Å². The van der Waals surface area contributed by atoms with Crippen molar-refractivity contribution in [3.8, 4) is 0 Å². The molecular weight excluding hydrogens is 260 g/mol. The Labute approximate surface area is 114 Å². The van der Waals surface area contributed by atoms with E-state index in [4.69, 9.17) is 0 Å². The maximum absolute atomic E-state index is 11.8. The van der Waals surface area contributed by atoms with Crippen LogP contribution in [-0.2, 0) is 4.79 Å². The van der Waals surface area contributed by atoms with Gasteiger partial charge in [-0.3, -0.25) is 24.6 Å². The molecule has 0 aliphatic carbocycles. The summed E-state index contributed by atoms with van der Waals surface area (Å²) in [5, 5.41) is 10.5. The standard InChI is InChI=1S/C13H16N4O3/c1-7(2)14-6-10(18)15-9-5-3-4-8-11(9)13(20)17-16-12(8)19/h3-5,7,14H,6H2,1-2H3,(H,15,18)(H,16,19)(H,17,20). The summed E-state index contributed by atoms with van der Waals surface area (Å²) in [6, 6.07) is 4.91. The molecule has 2 aromatic rings. The molecule has 0 bridgehead atoms. The average molecular weight is 276 g/mol. The van der Waals surface area contributed by atoms with Gasteiger partial charge in [-0.2, -0.15) is 0 Å². The molecule has 0 atom stereocenters. The van der Waals surface area contributed by atoms with Gasteiger partial charge < -0.3 is 10.6 Å². The molecule has 4 N–H and O–H groups in total. The topological polar surface area (TPSA) is 107 Å². The van der Waals surface area contributed by atoms with Crippen LogP contribution in [0.25, 0.3) is 10.8 Å². The second-order valence-corrected chi connectivity index (χ2v) is 4.72. The summed E-state index contributed by atoms with van der Waals surface area (Å²) in [5.74, 6) is -0.272. The van der Waals surface area contributed by atoms with Crippen molar-refractivity contribution in [2.24, 2.45) is 0 Å². The van der Waals surface area contributed by atoms with Gasteiger partial charge in [-0.15, -0.1) is 0 Å². The van der Waals surface area contributed by atoms with E-state index in [1.165, 1.54) is 6.07 Å². The minimum Gasteiger partial charge on any atom is -0.324 e. The van der Waals surface area contributed by atoms with E-state index in [1.807, 2.05) is 13.8 Å². The van der Waals surface area contributed by atoms with Gasteiger partial charge in [-0.25, -0.2) is 0 Å². The second kappa shape index (κ2) is 5.70. The normalized spacial score (nSPS) is 10.9. The quantitative estimate of drug-likeness (QED) is 0.637. The van der Waals surface area contributed by atoms with Gasteiger partial charge in [0.2, 0.25) is 5.91 Å². The molecule has 0 fully saturated rings. The first kappa shape index (κ1) is 14.0. The number of amides is 1. The highest BCUT2D eigenvalue weighted by molar-refractivity contribution is 6.02. The minimum atomic E-state index is -0.452. The Morgan fingerprint density at radius 1 is 1.20 bits per heavy atom. The molecule has 0 radical (unpaired) electrons. The largest absolute Gasteiger partial charge is 0.324 e. The van der Waals surface area contributed by atoms with Crippen LogP contribution in [0.3, 0.4) is 0 Å². The predicted octanol–water partition coefficient (Wildman–Crippen LogP) is 0.153. The van der Waals surface area contributed by atoms with E-state index < -0.39 is 11.1 Å². The molecule has 0 saturated heterocycles. The summed E-state index contributed by atoms with van der Waals surface area (Å²) < 4.78 is 0. The molecule has 0 aliphatic heterocycles. The predicted molar refractivity (Wildman–Crippen MR) is 77.0 cm³/mol. The van der Waals surface area contributed by atoms with E-state index in [2.05, 4.69) is 20.8 Å². The van der Waals surface area contributed by atoms with Crippen molar-refractivity contribution in [3.63, 3.8) is 0 Å². The van der Waals surface area contributed by atoms with Gasteiger partial charge in [0, 0.05) is 6.04 Å². The van der Waals surface area contributed by atoms with Crippen molar-refractivity contribution in [3.05, 3.63) is 38.9 Å². The lowest BCUT2D eigenvalue weighted by molar-refractivity contribution is -0.115. The van der Waals surface area contributed by atoms with E-state index in [0.29, 0.717) is 5.69 Å². The van der Waals surface area contributed by atoms with Crippen LogP contribution in [0.5, 0.6) is 0 Å². The van der Waals surface area contributed by atoms with Gasteiger partial charge in [0.15, 0.2) is 0 Å². The van der Waals surface area contributed by atoms with Crippen LogP contribution in [0, 0.1) is 0 Å². The van der Waals surface area contributed by atoms with Crippen molar-refractivity contribution >= 4 is 22.4 Å². The highest BCUT2D eigenvalue weighted by atomic mass is 16.2. The Kier molecular flexibility index (Phi) is 3.99. The Balaban J connectivity index is 2.36. The molecule has 1 aromatic heterocycles. The summed E-state index contributed by atoms with van der Waals surface area (Å²) in [5.41, 5.74) is -0.534. The van der Waals surface area contributed by atoms with E-state index >= 15 is 0 Å². The third kappa shape index (κ3) is 2.94. The molecule has 0 spiro atoms. The number of H-pyrrole nitrogens is 2. The first-order chi connectivity index (χ1) is 9.49. The number of nitrogens with one attached hydrogen (secondary N) is 4. The molecule has 106 valence electrons. The Hall–Kier alpha value is -2.41. The van der Waals surface area contributed by atoms with E-state index in [-0.39, 0.29) is 29.3 Å². The Bertz CT molecular complexity index is 745. The lowest BCUT2D eigenvalue weighted by atomic mass is 10.1. The molecule has 7 heteroatoms. The maximum Gasteiger partial charge on any atom is 0.272 e. The lowest BCUT2D eigenvalue weighted by Gasteiger charge is -2.10. The van der Waals surface area contributed by atoms with Crippen LogP contribution < -0.4 is 21.8 Å². The zero-order chi connectivity index (χ0) is 14.7. The van der Waals surface area contributed by atoms with E-state index in [9.17, 15) is 14.4 Å². The third-order valence-corrected chi connectivity index (χ3v) is 2.77. The van der Waals surface area contributed by atoms with Gasteiger partial charge in [0.05, 0.1) is 23.0 Å². The van der Waals surface area contributed by atoms with Crippen LogP contribution >= 0.6 is 0 Å². The second-order valence-electron chi connectivity index (χ2n) is 4.72. The zero-order valence-electron chi connectivity index (χ0n) is 11.2. The number of aromatic amines is 2.